The third kappa shape index (κ3) is 3.68. The van der Waals surface area contributed by atoms with Crippen LogP contribution in [0.5, 0.6) is 0 Å². The number of carbonyl (C=O) groups excluding carboxylic acids is 1. The van der Waals surface area contributed by atoms with E-state index in [4.69, 9.17) is 0 Å². The topological polar surface area (TPSA) is 53.4 Å². The Bertz CT molecular complexity index is 698. The molecule has 128 valence electrons. The molecule has 0 spiro atoms. The molecule has 1 unspecified atom stereocenters. The Morgan fingerprint density at radius 2 is 2.12 bits per heavy atom. The molecular formula is C19H24N2O2S. The SMILES string of the molecule is CC(C)Cc1ncc(C(=O)N2CCCC(O)(c3ccccc3)C2)s1. The summed E-state index contributed by atoms with van der Waals surface area (Å²) in [7, 11) is 0. The maximum absolute atomic E-state index is 12.8. The van der Waals surface area contributed by atoms with Gasteiger partial charge in [-0.25, -0.2) is 4.98 Å². The van der Waals surface area contributed by atoms with Gasteiger partial charge in [-0.2, -0.15) is 0 Å². The molecular weight excluding hydrogens is 320 g/mol. The maximum Gasteiger partial charge on any atom is 0.265 e. The second-order valence-electron chi connectivity index (χ2n) is 6.94. The van der Waals surface area contributed by atoms with Crippen LogP contribution in [0.3, 0.4) is 0 Å². The first-order valence-electron chi connectivity index (χ1n) is 8.50. The highest BCUT2D eigenvalue weighted by Crippen LogP contribution is 2.32. The van der Waals surface area contributed by atoms with Gasteiger partial charge in [-0.05, 0) is 24.3 Å². The Morgan fingerprint density at radius 1 is 1.38 bits per heavy atom. The number of carbonyl (C=O) groups is 1. The largest absolute Gasteiger partial charge is 0.383 e. The summed E-state index contributed by atoms with van der Waals surface area (Å²) in [5, 5.41) is 12.0. The normalized spacial score (nSPS) is 21.2. The van der Waals surface area contributed by atoms with Crippen molar-refractivity contribution in [3.05, 3.63) is 52.0 Å². The van der Waals surface area contributed by atoms with E-state index in [1.54, 1.807) is 11.1 Å². The number of benzene rings is 1. The number of rotatable bonds is 4. The summed E-state index contributed by atoms with van der Waals surface area (Å²) < 4.78 is 0. The van der Waals surface area contributed by atoms with Crippen molar-refractivity contribution in [3.63, 3.8) is 0 Å². The first-order valence-corrected chi connectivity index (χ1v) is 9.31. The first-order chi connectivity index (χ1) is 11.5. The molecule has 0 radical (unpaired) electrons. The monoisotopic (exact) mass is 344 g/mol. The standard InChI is InChI=1S/C19H24N2O2S/c1-14(2)11-17-20-12-16(24-17)18(22)21-10-6-9-19(23,13-21)15-7-4-3-5-8-15/h3-5,7-8,12,14,23H,6,9-11,13H2,1-2H3. The number of hydrogen-bond donors (Lipinski definition) is 1. The van der Waals surface area contributed by atoms with E-state index in [2.05, 4.69) is 18.8 Å². The number of amides is 1. The summed E-state index contributed by atoms with van der Waals surface area (Å²) in [6.45, 7) is 5.32. The summed E-state index contributed by atoms with van der Waals surface area (Å²) in [4.78, 5) is 19.6. The van der Waals surface area contributed by atoms with Crippen LogP contribution in [-0.2, 0) is 12.0 Å². The molecule has 1 atom stereocenters. The van der Waals surface area contributed by atoms with Gasteiger partial charge in [-0.15, -0.1) is 11.3 Å². The van der Waals surface area contributed by atoms with Crippen LogP contribution >= 0.6 is 11.3 Å². The quantitative estimate of drug-likeness (QED) is 0.924. The Labute approximate surface area is 147 Å². The zero-order chi connectivity index (χ0) is 17.2. The zero-order valence-electron chi connectivity index (χ0n) is 14.2. The van der Waals surface area contributed by atoms with Gasteiger partial charge in [0.1, 0.15) is 10.5 Å². The summed E-state index contributed by atoms with van der Waals surface area (Å²) in [5.41, 5.74) is -0.0760. The third-order valence-electron chi connectivity index (χ3n) is 4.42. The van der Waals surface area contributed by atoms with Gasteiger partial charge in [0.05, 0.1) is 17.7 Å². The van der Waals surface area contributed by atoms with Gasteiger partial charge in [-0.1, -0.05) is 44.2 Å². The molecule has 5 heteroatoms. The predicted octanol–water partition coefficient (Wildman–Crippen LogP) is 3.47. The van der Waals surface area contributed by atoms with Gasteiger partial charge in [0.25, 0.3) is 5.91 Å². The summed E-state index contributed by atoms with van der Waals surface area (Å²) in [6.07, 6.45) is 4.06. The average molecular weight is 344 g/mol. The number of thiazole rings is 1. The molecule has 1 aromatic heterocycles. The number of aromatic nitrogens is 1. The van der Waals surface area contributed by atoms with E-state index in [-0.39, 0.29) is 5.91 Å². The van der Waals surface area contributed by atoms with Gasteiger partial charge < -0.3 is 10.0 Å². The highest BCUT2D eigenvalue weighted by atomic mass is 32.1. The smallest absolute Gasteiger partial charge is 0.265 e. The second-order valence-corrected chi connectivity index (χ2v) is 8.06. The fraction of sp³-hybridized carbons (Fsp3) is 0.474. The van der Waals surface area contributed by atoms with E-state index in [0.717, 1.165) is 23.4 Å². The highest BCUT2D eigenvalue weighted by molar-refractivity contribution is 7.13. The molecule has 2 heterocycles. The van der Waals surface area contributed by atoms with Crippen LogP contribution in [0, 0.1) is 5.92 Å². The number of nitrogens with zero attached hydrogens (tertiary/aromatic N) is 2. The van der Waals surface area contributed by atoms with E-state index < -0.39 is 5.60 Å². The molecule has 1 aliphatic heterocycles. The molecule has 1 aromatic carbocycles. The van der Waals surface area contributed by atoms with Crippen molar-refractivity contribution in [2.75, 3.05) is 13.1 Å². The Kier molecular flexibility index (Phi) is 5.01. The van der Waals surface area contributed by atoms with E-state index in [0.29, 0.717) is 30.3 Å². The van der Waals surface area contributed by atoms with Crippen LogP contribution in [0.25, 0.3) is 0 Å². The molecule has 3 rings (SSSR count). The van der Waals surface area contributed by atoms with Gasteiger partial charge in [0.15, 0.2) is 0 Å². The summed E-state index contributed by atoms with van der Waals surface area (Å²) >= 11 is 1.47. The Morgan fingerprint density at radius 3 is 2.83 bits per heavy atom. The maximum atomic E-state index is 12.8. The van der Waals surface area contributed by atoms with E-state index in [9.17, 15) is 9.90 Å². The van der Waals surface area contributed by atoms with Crippen molar-refractivity contribution in [1.29, 1.82) is 0 Å². The van der Waals surface area contributed by atoms with Crippen LogP contribution < -0.4 is 0 Å². The lowest BCUT2D eigenvalue weighted by atomic mass is 9.86. The van der Waals surface area contributed by atoms with E-state index in [1.165, 1.54) is 11.3 Å². The second kappa shape index (κ2) is 7.03. The number of aliphatic hydroxyl groups is 1. The minimum atomic E-state index is -0.958. The van der Waals surface area contributed by atoms with Crippen molar-refractivity contribution < 1.29 is 9.90 Å². The summed E-state index contributed by atoms with van der Waals surface area (Å²) in [5.74, 6) is 0.508. The Hall–Kier alpha value is -1.72. The highest BCUT2D eigenvalue weighted by Gasteiger charge is 2.37. The van der Waals surface area contributed by atoms with Crippen molar-refractivity contribution in [3.8, 4) is 0 Å². The molecule has 1 saturated heterocycles. The van der Waals surface area contributed by atoms with Crippen LogP contribution in [-0.4, -0.2) is 34.0 Å². The van der Waals surface area contributed by atoms with Crippen LogP contribution in [0.15, 0.2) is 36.5 Å². The van der Waals surface area contributed by atoms with Crippen molar-refractivity contribution in [2.45, 2.75) is 38.7 Å². The lowest BCUT2D eigenvalue weighted by Gasteiger charge is -2.39. The molecule has 0 aliphatic carbocycles. The molecule has 1 amide bonds. The molecule has 0 bridgehead atoms. The minimum Gasteiger partial charge on any atom is -0.383 e. The molecule has 0 saturated carbocycles. The number of likely N-dealkylation sites (tertiary alicyclic amines) is 1. The lowest BCUT2D eigenvalue weighted by Crippen LogP contribution is -2.48. The van der Waals surface area contributed by atoms with Crippen LogP contribution in [0.1, 0.15) is 46.9 Å². The zero-order valence-corrected chi connectivity index (χ0v) is 15.1. The van der Waals surface area contributed by atoms with Gasteiger partial charge in [-0.3, -0.25) is 4.79 Å². The fourth-order valence-corrected chi connectivity index (χ4v) is 4.30. The fourth-order valence-electron chi connectivity index (χ4n) is 3.20. The van der Waals surface area contributed by atoms with Crippen molar-refractivity contribution in [1.82, 2.24) is 9.88 Å². The molecule has 1 fully saturated rings. The minimum absolute atomic E-state index is 0.0171. The van der Waals surface area contributed by atoms with Crippen LogP contribution in [0.4, 0.5) is 0 Å². The summed E-state index contributed by atoms with van der Waals surface area (Å²) in [6, 6.07) is 9.65. The van der Waals surface area contributed by atoms with E-state index >= 15 is 0 Å². The number of piperidine rings is 1. The Balaban J connectivity index is 1.75. The third-order valence-corrected chi connectivity index (χ3v) is 5.42. The van der Waals surface area contributed by atoms with Gasteiger partial charge in [0.2, 0.25) is 0 Å². The van der Waals surface area contributed by atoms with Gasteiger partial charge >= 0.3 is 0 Å². The molecule has 1 aliphatic rings. The lowest BCUT2D eigenvalue weighted by molar-refractivity contribution is -0.0287. The van der Waals surface area contributed by atoms with Gasteiger partial charge in [0, 0.05) is 13.0 Å². The van der Waals surface area contributed by atoms with Crippen molar-refractivity contribution >= 4 is 17.2 Å². The average Bonchev–Trinajstić information content (AvgIpc) is 3.03. The number of hydrogen-bond acceptors (Lipinski definition) is 4. The molecule has 4 nitrogen and oxygen atoms in total. The molecule has 1 N–H and O–H groups in total. The molecule has 24 heavy (non-hydrogen) atoms. The van der Waals surface area contributed by atoms with Crippen LogP contribution in [0.2, 0.25) is 0 Å². The predicted molar refractivity (Wildman–Crippen MR) is 96.1 cm³/mol. The number of β-amino-alcohol motifs (C(OH)–C–C–N with tert-alkyl or cyclic N) is 1. The first kappa shape index (κ1) is 17.1. The molecule has 2 aromatic rings. The van der Waals surface area contributed by atoms with Crippen molar-refractivity contribution in [2.24, 2.45) is 5.92 Å². The van der Waals surface area contributed by atoms with E-state index in [1.807, 2.05) is 30.3 Å².